The molecule has 0 aliphatic carbocycles. The molecule has 1 fully saturated rings. The van der Waals surface area contributed by atoms with Crippen LogP contribution in [0.5, 0.6) is 11.5 Å². The van der Waals surface area contributed by atoms with E-state index in [-0.39, 0.29) is 18.1 Å². The number of hydrogen-bond acceptors (Lipinski definition) is 6. The molecule has 1 aromatic heterocycles. The Hall–Kier alpha value is -2.80. The van der Waals surface area contributed by atoms with Gasteiger partial charge in [-0.2, -0.15) is 0 Å². The number of carbonyl (C=O) groups excluding carboxylic acids is 1. The quantitative estimate of drug-likeness (QED) is 0.863. The van der Waals surface area contributed by atoms with Crippen LogP contribution < -0.4 is 10.2 Å². The highest BCUT2D eigenvalue weighted by Gasteiger charge is 2.30. The standard InChI is InChI=1S/C20H23NO6/c1-13-11-16(22)19(24)20(27-13)15(14-5-3-4-6-17(14)25-2)12-18(23)21-7-9-26-10-8-21/h3-6,11,15,24H,7-10,12H2,1-2H3/t15-/m1/s1. The summed E-state index contributed by atoms with van der Waals surface area (Å²) in [7, 11) is 1.53. The molecule has 0 unspecified atom stereocenters. The summed E-state index contributed by atoms with van der Waals surface area (Å²) in [4.78, 5) is 26.7. The fourth-order valence-electron chi connectivity index (χ4n) is 3.28. The van der Waals surface area contributed by atoms with Gasteiger partial charge in [-0.25, -0.2) is 0 Å². The molecule has 7 heteroatoms. The summed E-state index contributed by atoms with van der Waals surface area (Å²) in [5.41, 5.74) is 0.137. The summed E-state index contributed by atoms with van der Waals surface area (Å²) in [6.07, 6.45) is 0.0420. The van der Waals surface area contributed by atoms with Crippen LogP contribution >= 0.6 is 0 Å². The number of amides is 1. The first-order valence-electron chi connectivity index (χ1n) is 8.83. The molecule has 1 aliphatic heterocycles. The van der Waals surface area contributed by atoms with E-state index in [1.807, 2.05) is 12.1 Å². The molecular weight excluding hydrogens is 350 g/mol. The number of nitrogens with zero attached hydrogens (tertiary/aromatic N) is 1. The molecule has 7 nitrogen and oxygen atoms in total. The molecule has 0 saturated carbocycles. The van der Waals surface area contributed by atoms with Crippen LogP contribution in [0.15, 0.2) is 39.5 Å². The number of morpholine rings is 1. The maximum absolute atomic E-state index is 12.9. The van der Waals surface area contributed by atoms with E-state index in [0.29, 0.717) is 43.4 Å². The third-order valence-electron chi connectivity index (χ3n) is 4.65. The van der Waals surface area contributed by atoms with Gasteiger partial charge in [0.15, 0.2) is 5.76 Å². The summed E-state index contributed by atoms with van der Waals surface area (Å²) in [6.45, 7) is 3.65. The maximum Gasteiger partial charge on any atom is 0.227 e. The Bertz CT molecular complexity index is 869. The van der Waals surface area contributed by atoms with E-state index in [9.17, 15) is 14.7 Å². The molecule has 2 aromatic rings. The normalized spacial score (nSPS) is 15.4. The van der Waals surface area contributed by atoms with E-state index in [1.54, 1.807) is 24.0 Å². The van der Waals surface area contributed by atoms with E-state index in [0.717, 1.165) is 0 Å². The molecule has 1 saturated heterocycles. The van der Waals surface area contributed by atoms with Crippen LogP contribution in [0.4, 0.5) is 0 Å². The zero-order valence-electron chi connectivity index (χ0n) is 15.4. The lowest BCUT2D eigenvalue weighted by Gasteiger charge is -2.29. The largest absolute Gasteiger partial charge is 0.502 e. The third-order valence-corrected chi connectivity index (χ3v) is 4.65. The minimum atomic E-state index is -0.649. The summed E-state index contributed by atoms with van der Waals surface area (Å²) in [5, 5.41) is 10.3. The van der Waals surface area contributed by atoms with Gasteiger partial charge in [0.05, 0.1) is 26.2 Å². The van der Waals surface area contributed by atoms with Crippen molar-refractivity contribution in [2.75, 3.05) is 33.4 Å². The van der Waals surface area contributed by atoms with Gasteiger partial charge in [0, 0.05) is 31.1 Å². The Balaban J connectivity index is 2.04. The lowest BCUT2D eigenvalue weighted by Crippen LogP contribution is -2.41. The predicted octanol–water partition coefficient (Wildman–Crippen LogP) is 2.04. The Morgan fingerprint density at radius 1 is 1.30 bits per heavy atom. The van der Waals surface area contributed by atoms with Gasteiger partial charge in [0.25, 0.3) is 0 Å². The van der Waals surface area contributed by atoms with E-state index >= 15 is 0 Å². The monoisotopic (exact) mass is 373 g/mol. The van der Waals surface area contributed by atoms with Crippen molar-refractivity contribution in [3.8, 4) is 11.5 Å². The topological polar surface area (TPSA) is 89.2 Å². The fourth-order valence-corrected chi connectivity index (χ4v) is 3.28. The first-order chi connectivity index (χ1) is 13.0. The SMILES string of the molecule is COc1ccccc1[C@@H](CC(=O)N1CCOCC1)c1oc(C)cc(=O)c1O. The second-order valence-electron chi connectivity index (χ2n) is 6.43. The minimum absolute atomic E-state index is 0.0420. The maximum atomic E-state index is 12.9. The first kappa shape index (κ1) is 19.0. The van der Waals surface area contributed by atoms with E-state index in [1.165, 1.54) is 13.2 Å². The number of carbonyl (C=O) groups is 1. The number of aryl methyl sites for hydroxylation is 1. The average molecular weight is 373 g/mol. The van der Waals surface area contributed by atoms with Crippen molar-refractivity contribution in [1.82, 2.24) is 4.90 Å². The molecule has 1 atom stereocenters. The van der Waals surface area contributed by atoms with Gasteiger partial charge in [-0.1, -0.05) is 18.2 Å². The highest BCUT2D eigenvalue weighted by Crippen LogP contribution is 2.38. The van der Waals surface area contributed by atoms with Gasteiger partial charge < -0.3 is 23.9 Å². The van der Waals surface area contributed by atoms with Gasteiger partial charge in [-0.15, -0.1) is 0 Å². The summed E-state index contributed by atoms with van der Waals surface area (Å²) >= 11 is 0. The van der Waals surface area contributed by atoms with E-state index < -0.39 is 17.1 Å². The molecule has 27 heavy (non-hydrogen) atoms. The molecule has 1 N–H and O–H groups in total. The molecule has 2 heterocycles. The van der Waals surface area contributed by atoms with Gasteiger partial charge in [0.1, 0.15) is 11.5 Å². The van der Waals surface area contributed by atoms with Crippen molar-refractivity contribution < 1.29 is 23.8 Å². The molecule has 3 rings (SSSR count). The van der Waals surface area contributed by atoms with Gasteiger partial charge in [0.2, 0.25) is 17.1 Å². The summed E-state index contributed by atoms with van der Waals surface area (Å²) in [6, 6.07) is 8.43. The molecule has 1 aromatic carbocycles. The Morgan fingerprint density at radius 2 is 2.00 bits per heavy atom. The number of aromatic hydroxyl groups is 1. The summed E-state index contributed by atoms with van der Waals surface area (Å²) in [5.74, 6) is -0.230. The van der Waals surface area contributed by atoms with Gasteiger partial charge >= 0.3 is 0 Å². The van der Waals surface area contributed by atoms with Crippen LogP contribution in [-0.4, -0.2) is 49.3 Å². The van der Waals surface area contributed by atoms with Crippen molar-refractivity contribution in [2.24, 2.45) is 0 Å². The van der Waals surface area contributed by atoms with Crippen LogP contribution in [0, 0.1) is 6.92 Å². The number of methoxy groups -OCH3 is 1. The molecule has 1 aliphatic rings. The second kappa shape index (κ2) is 8.26. The third kappa shape index (κ3) is 4.14. The number of para-hydroxylation sites is 1. The Labute approximate surface area is 157 Å². The van der Waals surface area contributed by atoms with Crippen LogP contribution in [0.3, 0.4) is 0 Å². The number of benzene rings is 1. The van der Waals surface area contributed by atoms with Crippen molar-refractivity contribution in [3.63, 3.8) is 0 Å². The molecule has 0 radical (unpaired) electrons. The zero-order chi connectivity index (χ0) is 19.4. The van der Waals surface area contributed by atoms with Crippen LogP contribution in [0.2, 0.25) is 0 Å². The molecule has 0 bridgehead atoms. The van der Waals surface area contributed by atoms with Crippen LogP contribution in [0.25, 0.3) is 0 Å². The van der Waals surface area contributed by atoms with E-state index in [4.69, 9.17) is 13.9 Å². The Morgan fingerprint density at radius 3 is 2.70 bits per heavy atom. The molecule has 1 amide bonds. The highest BCUT2D eigenvalue weighted by molar-refractivity contribution is 5.78. The first-order valence-corrected chi connectivity index (χ1v) is 8.83. The lowest BCUT2D eigenvalue weighted by atomic mass is 9.90. The molecule has 0 spiro atoms. The second-order valence-corrected chi connectivity index (χ2v) is 6.43. The zero-order valence-corrected chi connectivity index (χ0v) is 15.4. The molecule has 144 valence electrons. The lowest BCUT2D eigenvalue weighted by molar-refractivity contribution is -0.135. The van der Waals surface area contributed by atoms with Crippen molar-refractivity contribution >= 4 is 5.91 Å². The van der Waals surface area contributed by atoms with Crippen LogP contribution in [-0.2, 0) is 9.53 Å². The number of rotatable bonds is 5. The smallest absolute Gasteiger partial charge is 0.227 e. The van der Waals surface area contributed by atoms with E-state index in [2.05, 4.69) is 0 Å². The average Bonchev–Trinajstić information content (AvgIpc) is 2.69. The summed E-state index contributed by atoms with van der Waals surface area (Å²) < 4.78 is 16.4. The predicted molar refractivity (Wildman–Crippen MR) is 98.2 cm³/mol. The van der Waals surface area contributed by atoms with Gasteiger partial charge in [-0.05, 0) is 13.0 Å². The van der Waals surface area contributed by atoms with Crippen molar-refractivity contribution in [3.05, 3.63) is 57.6 Å². The highest BCUT2D eigenvalue weighted by atomic mass is 16.5. The molecular formula is C20H23NO6. The number of hydrogen-bond donors (Lipinski definition) is 1. The Kier molecular flexibility index (Phi) is 5.81. The van der Waals surface area contributed by atoms with Gasteiger partial charge in [-0.3, -0.25) is 9.59 Å². The van der Waals surface area contributed by atoms with Crippen molar-refractivity contribution in [1.29, 1.82) is 0 Å². The van der Waals surface area contributed by atoms with Crippen molar-refractivity contribution in [2.45, 2.75) is 19.3 Å². The fraction of sp³-hybridized carbons (Fsp3) is 0.400. The number of ether oxygens (including phenoxy) is 2. The van der Waals surface area contributed by atoms with Crippen LogP contribution in [0.1, 0.15) is 29.4 Å². The minimum Gasteiger partial charge on any atom is -0.502 e.